The molecule has 5 heteroatoms. The molecule has 186 valence electrons. The molecule has 0 saturated heterocycles. The first-order chi connectivity index (χ1) is 17.5. The molecule has 0 amide bonds. The van der Waals surface area contributed by atoms with E-state index in [1.165, 1.54) is 6.33 Å². The number of carbonyl (C=O) groups excluding carboxylic acids is 1. The van der Waals surface area contributed by atoms with Crippen molar-refractivity contribution in [2.24, 2.45) is 10.9 Å². The van der Waals surface area contributed by atoms with Gasteiger partial charge in [0.05, 0.1) is 17.9 Å². The predicted octanol–water partition coefficient (Wildman–Crippen LogP) is 6.88. The number of aliphatic imine (C=N–C) groups is 1. The number of hydrogen-bond acceptors (Lipinski definition) is 5. The molecular weight excluding hydrogens is 446 g/mol. The summed E-state index contributed by atoms with van der Waals surface area (Å²) >= 11 is 0. The number of ketones is 1. The van der Waals surface area contributed by atoms with Gasteiger partial charge in [-0.25, -0.2) is 9.97 Å². The average Bonchev–Trinajstić information content (AvgIpc) is 2.89. The van der Waals surface area contributed by atoms with Crippen LogP contribution < -0.4 is 4.74 Å². The number of benzene rings is 2. The van der Waals surface area contributed by atoms with E-state index in [4.69, 9.17) is 4.74 Å². The molecule has 0 aliphatic rings. The van der Waals surface area contributed by atoms with Crippen LogP contribution >= 0.6 is 0 Å². The number of hydrogen-bond donors (Lipinski definition) is 0. The quantitative estimate of drug-likeness (QED) is 0.161. The Morgan fingerprint density at radius 3 is 2.42 bits per heavy atom. The number of carbonyl (C=O) groups is 1. The molecule has 1 aromatic heterocycles. The van der Waals surface area contributed by atoms with Crippen molar-refractivity contribution in [1.82, 2.24) is 9.97 Å². The molecule has 0 aliphatic carbocycles. The summed E-state index contributed by atoms with van der Waals surface area (Å²) in [6.07, 6.45) is 12.9. The minimum atomic E-state index is 0.161. The van der Waals surface area contributed by atoms with E-state index in [2.05, 4.69) is 32.9 Å². The van der Waals surface area contributed by atoms with E-state index in [9.17, 15) is 4.79 Å². The van der Waals surface area contributed by atoms with Gasteiger partial charge in [-0.15, -0.1) is 0 Å². The first-order valence-corrected chi connectivity index (χ1v) is 12.7. The summed E-state index contributed by atoms with van der Waals surface area (Å²) in [7, 11) is 0. The molecule has 0 bridgehead atoms. The summed E-state index contributed by atoms with van der Waals surface area (Å²) in [6, 6.07) is 14.0. The number of unbranched alkanes of at least 4 members (excludes halogenated alkanes) is 4. The lowest BCUT2D eigenvalue weighted by Crippen LogP contribution is -2.06. The second kappa shape index (κ2) is 14.6. The minimum absolute atomic E-state index is 0.161. The molecule has 0 saturated carbocycles. The predicted molar refractivity (Wildman–Crippen MR) is 146 cm³/mol. The zero-order valence-corrected chi connectivity index (χ0v) is 21.5. The van der Waals surface area contributed by atoms with E-state index in [1.807, 2.05) is 63.4 Å². The second-order valence-corrected chi connectivity index (χ2v) is 9.19. The fraction of sp³-hybridized carbons (Fsp3) is 0.355. The van der Waals surface area contributed by atoms with E-state index in [0.29, 0.717) is 18.8 Å². The highest BCUT2D eigenvalue weighted by Crippen LogP contribution is 2.19. The third-order valence-electron chi connectivity index (χ3n) is 5.83. The monoisotopic (exact) mass is 481 g/mol. The number of aromatic nitrogens is 2. The van der Waals surface area contributed by atoms with Gasteiger partial charge in [0, 0.05) is 36.5 Å². The lowest BCUT2D eigenvalue weighted by Gasteiger charge is -2.07. The maximum Gasteiger partial charge on any atom is 0.135 e. The van der Waals surface area contributed by atoms with Crippen LogP contribution in [-0.4, -0.2) is 28.6 Å². The van der Waals surface area contributed by atoms with E-state index >= 15 is 0 Å². The van der Waals surface area contributed by atoms with E-state index in [0.717, 1.165) is 65.8 Å². The third kappa shape index (κ3) is 9.46. The molecule has 0 atom stereocenters. The Balaban J connectivity index is 1.39. The molecule has 0 unspecified atom stereocenters. The van der Waals surface area contributed by atoms with Crippen molar-refractivity contribution in [2.75, 3.05) is 6.61 Å². The molecule has 5 nitrogen and oxygen atoms in total. The lowest BCUT2D eigenvalue weighted by molar-refractivity contribution is -0.122. The molecule has 0 spiro atoms. The van der Waals surface area contributed by atoms with Crippen LogP contribution in [0.5, 0.6) is 5.75 Å². The molecular formula is C31H35N3O2. The van der Waals surface area contributed by atoms with Crippen molar-refractivity contribution in [2.45, 2.75) is 59.3 Å². The number of rotatable bonds is 12. The normalized spacial score (nSPS) is 10.9. The van der Waals surface area contributed by atoms with Crippen molar-refractivity contribution in [3.05, 3.63) is 83.4 Å². The fourth-order valence-electron chi connectivity index (χ4n) is 3.60. The standard InChI is InChI=1S/C31H35N3O2/c1-24(2)31(35)9-7-5-4-6-8-18-36-30-16-14-29(15-17-30)34-22-26-10-12-28(25(3)19-26)13-11-27-20-32-23-33-21-27/h10,12,14-17,19-24H,4-9,18H2,1-3H3. The summed E-state index contributed by atoms with van der Waals surface area (Å²) in [5.74, 6) is 7.66. The van der Waals surface area contributed by atoms with Crippen LogP contribution in [0.3, 0.4) is 0 Å². The average molecular weight is 482 g/mol. The fourth-order valence-corrected chi connectivity index (χ4v) is 3.60. The summed E-state index contributed by atoms with van der Waals surface area (Å²) < 4.78 is 5.86. The van der Waals surface area contributed by atoms with Gasteiger partial charge in [-0.1, -0.05) is 51.0 Å². The zero-order chi connectivity index (χ0) is 25.6. The van der Waals surface area contributed by atoms with Crippen LogP contribution in [0.2, 0.25) is 0 Å². The van der Waals surface area contributed by atoms with Gasteiger partial charge in [0.2, 0.25) is 0 Å². The van der Waals surface area contributed by atoms with Gasteiger partial charge in [-0.2, -0.15) is 0 Å². The van der Waals surface area contributed by atoms with Crippen LogP contribution in [0.1, 0.15) is 74.6 Å². The van der Waals surface area contributed by atoms with Gasteiger partial charge < -0.3 is 4.74 Å². The Morgan fingerprint density at radius 2 is 1.69 bits per heavy atom. The number of Topliss-reactive ketones (excluding diaryl/α,β-unsaturated/α-hetero) is 1. The van der Waals surface area contributed by atoms with Crippen molar-refractivity contribution in [3.8, 4) is 17.6 Å². The van der Waals surface area contributed by atoms with Gasteiger partial charge in [0.1, 0.15) is 17.9 Å². The maximum absolute atomic E-state index is 11.6. The maximum atomic E-state index is 11.6. The first kappa shape index (κ1) is 26.8. The highest BCUT2D eigenvalue weighted by molar-refractivity contribution is 5.82. The van der Waals surface area contributed by atoms with E-state index < -0.39 is 0 Å². The molecule has 3 aromatic rings. The molecule has 2 aromatic carbocycles. The van der Waals surface area contributed by atoms with Crippen molar-refractivity contribution in [3.63, 3.8) is 0 Å². The van der Waals surface area contributed by atoms with Gasteiger partial charge in [-0.3, -0.25) is 9.79 Å². The number of nitrogens with zero attached hydrogens (tertiary/aromatic N) is 3. The van der Waals surface area contributed by atoms with E-state index in [1.54, 1.807) is 12.4 Å². The second-order valence-electron chi connectivity index (χ2n) is 9.19. The Labute approximate surface area is 215 Å². The van der Waals surface area contributed by atoms with Crippen LogP contribution in [0.25, 0.3) is 0 Å². The largest absolute Gasteiger partial charge is 0.494 e. The van der Waals surface area contributed by atoms with Crippen molar-refractivity contribution < 1.29 is 9.53 Å². The minimum Gasteiger partial charge on any atom is -0.494 e. The van der Waals surface area contributed by atoms with Crippen molar-refractivity contribution >= 4 is 17.7 Å². The topological polar surface area (TPSA) is 64.4 Å². The molecule has 36 heavy (non-hydrogen) atoms. The Bertz CT molecular complexity index is 1190. The molecule has 0 fully saturated rings. The number of ether oxygens (including phenoxy) is 1. The van der Waals surface area contributed by atoms with Crippen molar-refractivity contribution in [1.29, 1.82) is 0 Å². The van der Waals surface area contributed by atoms with Crippen LogP contribution in [-0.2, 0) is 4.79 Å². The molecule has 3 rings (SSSR count). The summed E-state index contributed by atoms with van der Waals surface area (Å²) in [5.41, 5.74) is 4.76. The third-order valence-corrected chi connectivity index (χ3v) is 5.83. The molecule has 1 heterocycles. The summed E-state index contributed by atoms with van der Waals surface area (Å²) in [5, 5.41) is 0. The van der Waals surface area contributed by atoms with Crippen LogP contribution in [0.15, 0.2) is 66.2 Å². The van der Waals surface area contributed by atoms with Gasteiger partial charge in [-0.05, 0) is 67.3 Å². The first-order valence-electron chi connectivity index (χ1n) is 12.7. The Kier molecular flexibility index (Phi) is 10.9. The summed E-state index contributed by atoms with van der Waals surface area (Å²) in [4.78, 5) is 24.2. The van der Waals surface area contributed by atoms with Gasteiger partial charge in [0.25, 0.3) is 0 Å². The van der Waals surface area contributed by atoms with Gasteiger partial charge >= 0.3 is 0 Å². The van der Waals surface area contributed by atoms with Crippen LogP contribution in [0, 0.1) is 24.7 Å². The smallest absolute Gasteiger partial charge is 0.135 e. The van der Waals surface area contributed by atoms with Crippen LogP contribution in [0.4, 0.5) is 5.69 Å². The SMILES string of the molecule is Cc1cc(C=Nc2ccc(OCCCCCCCC(=O)C(C)C)cc2)ccc1C#Cc1cncnc1. The Morgan fingerprint density at radius 1 is 0.972 bits per heavy atom. The molecule has 0 aliphatic heterocycles. The molecule has 0 N–H and O–H groups in total. The highest BCUT2D eigenvalue weighted by atomic mass is 16.5. The molecule has 0 radical (unpaired) electrons. The zero-order valence-electron chi connectivity index (χ0n) is 21.5. The lowest BCUT2D eigenvalue weighted by atomic mass is 10.0. The highest BCUT2D eigenvalue weighted by Gasteiger charge is 2.05. The number of aryl methyl sites for hydroxylation is 1. The van der Waals surface area contributed by atoms with E-state index in [-0.39, 0.29) is 5.92 Å². The summed E-state index contributed by atoms with van der Waals surface area (Å²) in [6.45, 7) is 6.69. The van der Waals surface area contributed by atoms with Gasteiger partial charge in [0.15, 0.2) is 0 Å². The Hall–Kier alpha value is -3.78.